The van der Waals surface area contributed by atoms with Gasteiger partial charge in [0.05, 0.1) is 0 Å². The van der Waals surface area contributed by atoms with Crippen molar-refractivity contribution in [1.29, 1.82) is 0 Å². The summed E-state index contributed by atoms with van der Waals surface area (Å²) in [6, 6.07) is 8.38. The molecule has 0 saturated heterocycles. The van der Waals surface area contributed by atoms with Crippen molar-refractivity contribution in [3.8, 4) is 0 Å². The van der Waals surface area contributed by atoms with Gasteiger partial charge in [0.2, 0.25) is 0 Å². The first-order valence-electron chi connectivity index (χ1n) is 5.50. The molecular weight excluding hydrogens is 266 g/mol. The number of hydrogen-bond donors (Lipinski definition) is 0. The van der Waals surface area contributed by atoms with Crippen LogP contribution in [0.5, 0.6) is 0 Å². The molecule has 2 nitrogen and oxygen atoms in total. The smallest absolute Gasteiger partial charge is 0.131 e. The van der Waals surface area contributed by atoms with Crippen molar-refractivity contribution in [1.82, 2.24) is 4.90 Å². The normalized spacial score (nSPS) is 10.8. The number of halogens is 1. The molecule has 0 aliphatic carbocycles. The van der Waals surface area contributed by atoms with Crippen molar-refractivity contribution in [2.24, 2.45) is 0 Å². The Balaban J connectivity index is 2.28. The van der Waals surface area contributed by atoms with E-state index in [1.165, 1.54) is 5.56 Å². The second kappa shape index (κ2) is 6.81. The molecule has 0 unspecified atom stereocenters. The Morgan fingerprint density at radius 1 is 1.25 bits per heavy atom. The van der Waals surface area contributed by atoms with Crippen LogP contribution in [0, 0.1) is 0 Å². The van der Waals surface area contributed by atoms with Gasteiger partial charge in [0.25, 0.3) is 0 Å². The first kappa shape index (κ1) is 13.4. The Bertz CT molecular complexity index is 334. The van der Waals surface area contributed by atoms with Gasteiger partial charge in [-0.05, 0) is 38.1 Å². The van der Waals surface area contributed by atoms with Crippen LogP contribution in [-0.4, -0.2) is 30.8 Å². The molecule has 0 atom stereocenters. The number of rotatable bonds is 6. The molecule has 88 valence electrons. The summed E-state index contributed by atoms with van der Waals surface area (Å²) in [6.07, 6.45) is 1.68. The Morgan fingerprint density at radius 3 is 2.44 bits per heavy atom. The summed E-state index contributed by atoms with van der Waals surface area (Å²) in [5, 5.41) is 0. The van der Waals surface area contributed by atoms with E-state index in [4.69, 9.17) is 0 Å². The predicted octanol–water partition coefficient (Wildman–Crippen LogP) is 2.90. The Labute approximate surface area is 106 Å². The van der Waals surface area contributed by atoms with Gasteiger partial charge in [-0.2, -0.15) is 0 Å². The number of carbonyl (C=O) groups is 1. The molecule has 16 heavy (non-hydrogen) atoms. The first-order valence-corrected chi connectivity index (χ1v) is 6.29. The maximum Gasteiger partial charge on any atom is 0.131 e. The van der Waals surface area contributed by atoms with E-state index in [0.717, 1.165) is 24.0 Å². The van der Waals surface area contributed by atoms with E-state index >= 15 is 0 Å². The van der Waals surface area contributed by atoms with Crippen molar-refractivity contribution in [2.75, 3.05) is 20.1 Å². The van der Waals surface area contributed by atoms with Crippen molar-refractivity contribution in [3.63, 3.8) is 0 Å². The summed E-state index contributed by atoms with van der Waals surface area (Å²) in [5.41, 5.74) is 1.33. The van der Waals surface area contributed by atoms with Gasteiger partial charge in [-0.3, -0.25) is 4.79 Å². The molecule has 1 rings (SSSR count). The highest BCUT2D eigenvalue weighted by molar-refractivity contribution is 9.10. The number of nitrogens with zero attached hydrogens (tertiary/aromatic N) is 1. The minimum absolute atomic E-state index is 0.260. The molecule has 0 bridgehead atoms. The monoisotopic (exact) mass is 283 g/mol. The summed E-state index contributed by atoms with van der Waals surface area (Å²) in [7, 11) is 2.06. The van der Waals surface area contributed by atoms with E-state index in [9.17, 15) is 4.79 Å². The van der Waals surface area contributed by atoms with E-state index in [1.807, 2.05) is 0 Å². The number of likely N-dealkylation sites (N-methyl/N-ethyl adjacent to an activating group) is 1. The quantitative estimate of drug-likeness (QED) is 0.800. The fraction of sp³-hybridized carbons (Fsp3) is 0.462. The number of ketones is 1. The lowest BCUT2D eigenvalue weighted by molar-refractivity contribution is -0.117. The fourth-order valence-electron chi connectivity index (χ4n) is 1.43. The molecule has 0 amide bonds. The second-order valence-electron chi connectivity index (χ2n) is 4.13. The summed E-state index contributed by atoms with van der Waals surface area (Å²) in [6.45, 7) is 3.49. The van der Waals surface area contributed by atoms with E-state index < -0.39 is 0 Å². The van der Waals surface area contributed by atoms with Crippen LogP contribution in [0.4, 0.5) is 0 Å². The van der Waals surface area contributed by atoms with Gasteiger partial charge in [-0.25, -0.2) is 0 Å². The molecule has 0 heterocycles. The van der Waals surface area contributed by atoms with Crippen LogP contribution in [0.1, 0.15) is 18.9 Å². The third-order valence-electron chi connectivity index (χ3n) is 2.54. The maximum atomic E-state index is 10.8. The maximum absolute atomic E-state index is 10.8. The van der Waals surface area contributed by atoms with E-state index in [0.29, 0.717) is 6.42 Å². The van der Waals surface area contributed by atoms with Crippen LogP contribution in [0.15, 0.2) is 28.7 Å². The lowest BCUT2D eigenvalue weighted by Crippen LogP contribution is -2.23. The molecule has 1 aromatic rings. The third kappa shape index (κ3) is 5.42. The van der Waals surface area contributed by atoms with Crippen LogP contribution in [0.3, 0.4) is 0 Å². The highest BCUT2D eigenvalue weighted by atomic mass is 79.9. The number of carbonyl (C=O) groups excluding carboxylic acids is 1. The standard InChI is InChI=1S/C13H18BrNO/c1-11(16)7-9-15(2)10-8-12-3-5-13(14)6-4-12/h3-6H,7-10H2,1-2H3. The number of Topliss-reactive ketones (excluding diaryl/α,β-unsaturated/α-hetero) is 1. The molecule has 0 fully saturated rings. The van der Waals surface area contributed by atoms with Gasteiger partial charge >= 0.3 is 0 Å². The first-order chi connectivity index (χ1) is 7.58. The molecule has 0 spiro atoms. The van der Waals surface area contributed by atoms with Gasteiger partial charge in [0.1, 0.15) is 5.78 Å². The van der Waals surface area contributed by atoms with Crippen molar-refractivity contribution < 1.29 is 4.79 Å². The fourth-order valence-corrected chi connectivity index (χ4v) is 1.70. The molecule has 0 radical (unpaired) electrons. The van der Waals surface area contributed by atoms with Gasteiger partial charge in [0, 0.05) is 24.0 Å². The highest BCUT2D eigenvalue weighted by Gasteiger charge is 2.01. The Hall–Kier alpha value is -0.670. The zero-order valence-electron chi connectivity index (χ0n) is 9.87. The van der Waals surface area contributed by atoms with Gasteiger partial charge in [0.15, 0.2) is 0 Å². The zero-order chi connectivity index (χ0) is 12.0. The highest BCUT2D eigenvalue weighted by Crippen LogP contribution is 2.11. The summed E-state index contributed by atoms with van der Waals surface area (Å²) < 4.78 is 1.11. The van der Waals surface area contributed by atoms with Crippen molar-refractivity contribution in [3.05, 3.63) is 34.3 Å². The minimum atomic E-state index is 0.260. The van der Waals surface area contributed by atoms with Crippen LogP contribution < -0.4 is 0 Å². The summed E-state index contributed by atoms with van der Waals surface area (Å²) >= 11 is 3.42. The van der Waals surface area contributed by atoms with Crippen LogP contribution in [-0.2, 0) is 11.2 Å². The number of benzene rings is 1. The average Bonchev–Trinajstić information content (AvgIpc) is 2.25. The van der Waals surface area contributed by atoms with Crippen LogP contribution in [0.25, 0.3) is 0 Å². The lowest BCUT2D eigenvalue weighted by Gasteiger charge is -2.15. The molecule has 3 heteroatoms. The molecule has 0 aliphatic heterocycles. The Morgan fingerprint density at radius 2 is 1.88 bits per heavy atom. The minimum Gasteiger partial charge on any atom is -0.306 e. The van der Waals surface area contributed by atoms with Crippen LogP contribution in [0.2, 0.25) is 0 Å². The summed E-state index contributed by atoms with van der Waals surface area (Å²) in [4.78, 5) is 13.0. The molecule has 0 saturated carbocycles. The van der Waals surface area contributed by atoms with E-state index in [1.54, 1.807) is 6.92 Å². The topological polar surface area (TPSA) is 20.3 Å². The molecule has 1 aromatic carbocycles. The zero-order valence-corrected chi connectivity index (χ0v) is 11.5. The van der Waals surface area contributed by atoms with Crippen molar-refractivity contribution >= 4 is 21.7 Å². The van der Waals surface area contributed by atoms with Crippen LogP contribution >= 0.6 is 15.9 Å². The second-order valence-corrected chi connectivity index (χ2v) is 5.05. The molecular formula is C13H18BrNO. The largest absolute Gasteiger partial charge is 0.306 e. The lowest BCUT2D eigenvalue weighted by atomic mass is 10.1. The molecule has 0 aliphatic rings. The van der Waals surface area contributed by atoms with Gasteiger partial charge in [-0.1, -0.05) is 28.1 Å². The number of hydrogen-bond acceptors (Lipinski definition) is 2. The predicted molar refractivity (Wildman–Crippen MR) is 70.6 cm³/mol. The van der Waals surface area contributed by atoms with E-state index in [-0.39, 0.29) is 5.78 Å². The van der Waals surface area contributed by atoms with Gasteiger partial charge < -0.3 is 4.90 Å². The van der Waals surface area contributed by atoms with E-state index in [2.05, 4.69) is 52.1 Å². The van der Waals surface area contributed by atoms with Gasteiger partial charge in [-0.15, -0.1) is 0 Å². The van der Waals surface area contributed by atoms with Crippen molar-refractivity contribution in [2.45, 2.75) is 19.8 Å². The Kier molecular flexibility index (Phi) is 5.71. The molecule has 0 N–H and O–H groups in total. The molecule has 0 aromatic heterocycles. The summed E-state index contributed by atoms with van der Waals surface area (Å²) in [5.74, 6) is 0.260. The average molecular weight is 284 g/mol. The SMILES string of the molecule is CC(=O)CCN(C)CCc1ccc(Br)cc1. The third-order valence-corrected chi connectivity index (χ3v) is 3.07.